The quantitative estimate of drug-likeness (QED) is 0.676. The Hall–Kier alpha value is -0.870. The summed E-state index contributed by atoms with van der Waals surface area (Å²) in [5.41, 5.74) is 0.390. The Bertz CT molecular complexity index is 250. The van der Waals surface area contributed by atoms with E-state index in [0.29, 0.717) is 18.0 Å². The average molecular weight is 213 g/mol. The normalized spacial score (nSPS) is 24.1. The highest BCUT2D eigenvalue weighted by atomic mass is 16.4. The molecule has 0 aromatic carbocycles. The number of rotatable bonds is 4. The molecule has 1 unspecified atom stereocenters. The Balaban J connectivity index is 2.38. The number of aliphatic carboxylic acids is 1. The van der Waals surface area contributed by atoms with Gasteiger partial charge in [-0.05, 0) is 32.2 Å². The van der Waals surface area contributed by atoms with Gasteiger partial charge in [0.15, 0.2) is 0 Å². The molecule has 15 heavy (non-hydrogen) atoms. The van der Waals surface area contributed by atoms with E-state index in [1.807, 2.05) is 0 Å². The van der Waals surface area contributed by atoms with Crippen molar-refractivity contribution < 1.29 is 15.0 Å². The minimum absolute atomic E-state index is 0.234. The summed E-state index contributed by atoms with van der Waals surface area (Å²) in [7, 11) is 0. The molecule has 86 valence electrons. The first-order valence-electron chi connectivity index (χ1n) is 5.36. The second kappa shape index (κ2) is 5.88. The van der Waals surface area contributed by atoms with E-state index in [0.717, 1.165) is 25.9 Å². The van der Waals surface area contributed by atoms with E-state index in [1.54, 1.807) is 13.0 Å². The van der Waals surface area contributed by atoms with Crippen LogP contribution in [-0.2, 0) is 4.79 Å². The summed E-state index contributed by atoms with van der Waals surface area (Å²) in [6.07, 6.45) is 3.90. The first-order chi connectivity index (χ1) is 7.13. The fraction of sp³-hybridized carbons (Fsp3) is 0.727. The molecule has 1 fully saturated rings. The van der Waals surface area contributed by atoms with Gasteiger partial charge in [-0.15, -0.1) is 0 Å². The predicted octanol–water partition coefficient (Wildman–Crippen LogP) is 0.722. The van der Waals surface area contributed by atoms with Crippen LogP contribution in [0.2, 0.25) is 0 Å². The molecule has 0 spiro atoms. The molecule has 1 aliphatic rings. The predicted molar refractivity (Wildman–Crippen MR) is 57.6 cm³/mol. The number of carboxylic acids is 1. The second-order valence-electron chi connectivity index (χ2n) is 4.14. The average Bonchev–Trinajstić information content (AvgIpc) is 2.26. The molecule has 1 atom stereocenters. The minimum Gasteiger partial charge on any atom is -0.478 e. The third-order valence-corrected chi connectivity index (χ3v) is 2.85. The lowest BCUT2D eigenvalue weighted by Crippen LogP contribution is -2.36. The lowest BCUT2D eigenvalue weighted by Gasteiger charge is -2.30. The van der Waals surface area contributed by atoms with Crippen molar-refractivity contribution in [2.75, 3.05) is 26.2 Å². The van der Waals surface area contributed by atoms with Gasteiger partial charge in [0.05, 0.1) is 0 Å². The van der Waals surface area contributed by atoms with Gasteiger partial charge < -0.3 is 10.2 Å². The number of nitrogens with zero attached hydrogens (tertiary/aromatic N) is 1. The standard InChI is InChI=1S/C11H19NO3/c1-9(11(14)15)4-6-12-5-2-3-10(7-12)8-13/h4,10,13H,2-3,5-8H2,1H3,(H,14,15). The number of hydrogen-bond acceptors (Lipinski definition) is 3. The molecule has 1 saturated heterocycles. The molecule has 2 N–H and O–H groups in total. The van der Waals surface area contributed by atoms with Crippen LogP contribution in [0.1, 0.15) is 19.8 Å². The van der Waals surface area contributed by atoms with Crippen LogP contribution in [-0.4, -0.2) is 47.3 Å². The number of piperidine rings is 1. The van der Waals surface area contributed by atoms with Crippen molar-refractivity contribution in [3.8, 4) is 0 Å². The van der Waals surface area contributed by atoms with E-state index >= 15 is 0 Å². The van der Waals surface area contributed by atoms with Crippen molar-refractivity contribution in [1.82, 2.24) is 4.90 Å². The summed E-state index contributed by atoms with van der Waals surface area (Å²) >= 11 is 0. The van der Waals surface area contributed by atoms with Crippen LogP contribution in [0.3, 0.4) is 0 Å². The molecule has 0 bridgehead atoms. The Morgan fingerprint density at radius 2 is 2.33 bits per heavy atom. The second-order valence-corrected chi connectivity index (χ2v) is 4.14. The molecule has 0 aliphatic carbocycles. The molecule has 4 nitrogen and oxygen atoms in total. The number of carboxylic acid groups (broad SMARTS) is 1. The van der Waals surface area contributed by atoms with Crippen molar-refractivity contribution in [3.63, 3.8) is 0 Å². The number of aliphatic hydroxyl groups is 1. The fourth-order valence-electron chi connectivity index (χ4n) is 1.82. The highest BCUT2D eigenvalue weighted by Gasteiger charge is 2.18. The van der Waals surface area contributed by atoms with Gasteiger partial charge in [0.2, 0.25) is 0 Å². The zero-order valence-corrected chi connectivity index (χ0v) is 9.15. The maximum Gasteiger partial charge on any atom is 0.330 e. The lowest BCUT2D eigenvalue weighted by molar-refractivity contribution is -0.132. The van der Waals surface area contributed by atoms with Crippen LogP contribution in [0.4, 0.5) is 0 Å². The largest absolute Gasteiger partial charge is 0.478 e. The molecule has 4 heteroatoms. The smallest absolute Gasteiger partial charge is 0.330 e. The molecule has 0 amide bonds. The summed E-state index contributed by atoms with van der Waals surface area (Å²) in [4.78, 5) is 12.8. The van der Waals surface area contributed by atoms with E-state index < -0.39 is 5.97 Å². The van der Waals surface area contributed by atoms with Crippen LogP contribution in [0.5, 0.6) is 0 Å². The van der Waals surface area contributed by atoms with E-state index in [4.69, 9.17) is 10.2 Å². The monoisotopic (exact) mass is 213 g/mol. The summed E-state index contributed by atoms with van der Waals surface area (Å²) in [5, 5.41) is 17.7. The Labute approximate surface area is 90.2 Å². The van der Waals surface area contributed by atoms with Crippen molar-refractivity contribution in [1.29, 1.82) is 0 Å². The van der Waals surface area contributed by atoms with Gasteiger partial charge in [0, 0.05) is 25.3 Å². The molecule has 1 aliphatic heterocycles. The number of carbonyl (C=O) groups is 1. The Morgan fingerprint density at radius 1 is 1.60 bits per heavy atom. The first-order valence-corrected chi connectivity index (χ1v) is 5.36. The highest BCUT2D eigenvalue weighted by molar-refractivity contribution is 5.85. The zero-order valence-electron chi connectivity index (χ0n) is 9.15. The summed E-state index contributed by atoms with van der Waals surface area (Å²) in [5.74, 6) is -0.497. The lowest BCUT2D eigenvalue weighted by atomic mass is 9.99. The Kier molecular flexibility index (Phi) is 4.78. The van der Waals surface area contributed by atoms with Crippen molar-refractivity contribution in [2.24, 2.45) is 5.92 Å². The fourth-order valence-corrected chi connectivity index (χ4v) is 1.82. The van der Waals surface area contributed by atoms with E-state index in [9.17, 15) is 4.79 Å². The maximum atomic E-state index is 10.6. The first kappa shape index (κ1) is 12.2. The molecule has 0 saturated carbocycles. The van der Waals surface area contributed by atoms with Gasteiger partial charge in [-0.1, -0.05) is 6.08 Å². The molecule has 0 aromatic heterocycles. The van der Waals surface area contributed by atoms with Gasteiger partial charge in [-0.2, -0.15) is 0 Å². The topological polar surface area (TPSA) is 60.8 Å². The minimum atomic E-state index is -0.856. The van der Waals surface area contributed by atoms with Crippen molar-refractivity contribution >= 4 is 5.97 Å². The van der Waals surface area contributed by atoms with Gasteiger partial charge in [0.25, 0.3) is 0 Å². The SMILES string of the molecule is CC(=CCN1CCCC(CO)C1)C(=O)O. The zero-order chi connectivity index (χ0) is 11.3. The summed E-state index contributed by atoms with van der Waals surface area (Å²) in [6.45, 7) is 4.39. The van der Waals surface area contributed by atoms with Gasteiger partial charge in [-0.3, -0.25) is 4.90 Å². The molecule has 0 aromatic rings. The van der Waals surface area contributed by atoms with E-state index in [2.05, 4.69) is 4.90 Å². The van der Waals surface area contributed by atoms with Gasteiger partial charge in [0.1, 0.15) is 0 Å². The van der Waals surface area contributed by atoms with Crippen molar-refractivity contribution in [2.45, 2.75) is 19.8 Å². The van der Waals surface area contributed by atoms with Crippen LogP contribution in [0.25, 0.3) is 0 Å². The number of hydrogen-bond donors (Lipinski definition) is 2. The molecule has 0 radical (unpaired) electrons. The third-order valence-electron chi connectivity index (χ3n) is 2.85. The van der Waals surface area contributed by atoms with Gasteiger partial charge in [-0.25, -0.2) is 4.79 Å². The molecular formula is C11H19NO3. The number of aliphatic hydroxyl groups excluding tert-OH is 1. The molecule has 1 heterocycles. The number of likely N-dealkylation sites (tertiary alicyclic amines) is 1. The third kappa shape index (κ3) is 4.01. The Morgan fingerprint density at radius 3 is 2.93 bits per heavy atom. The molecule has 1 rings (SSSR count). The van der Waals surface area contributed by atoms with E-state index in [-0.39, 0.29) is 6.61 Å². The van der Waals surface area contributed by atoms with Crippen molar-refractivity contribution in [3.05, 3.63) is 11.6 Å². The van der Waals surface area contributed by atoms with E-state index in [1.165, 1.54) is 0 Å². The van der Waals surface area contributed by atoms with Crippen LogP contribution < -0.4 is 0 Å². The van der Waals surface area contributed by atoms with Crippen LogP contribution in [0, 0.1) is 5.92 Å². The summed E-state index contributed by atoms with van der Waals surface area (Å²) in [6, 6.07) is 0. The highest BCUT2D eigenvalue weighted by Crippen LogP contribution is 2.15. The maximum absolute atomic E-state index is 10.6. The summed E-state index contributed by atoms with van der Waals surface area (Å²) < 4.78 is 0. The molecular weight excluding hydrogens is 194 g/mol. The van der Waals surface area contributed by atoms with Gasteiger partial charge >= 0.3 is 5.97 Å². The van der Waals surface area contributed by atoms with Crippen LogP contribution >= 0.6 is 0 Å². The van der Waals surface area contributed by atoms with Crippen LogP contribution in [0.15, 0.2) is 11.6 Å².